The molecule has 1 saturated heterocycles. The van der Waals surface area contributed by atoms with Crippen LogP contribution in [0.3, 0.4) is 0 Å². The van der Waals surface area contributed by atoms with Gasteiger partial charge < -0.3 is 15.1 Å². The summed E-state index contributed by atoms with van der Waals surface area (Å²) in [6.07, 6.45) is 4.02. The molecule has 3 rings (SSSR count). The summed E-state index contributed by atoms with van der Waals surface area (Å²) < 4.78 is 0. The van der Waals surface area contributed by atoms with Gasteiger partial charge in [0.15, 0.2) is 0 Å². The van der Waals surface area contributed by atoms with Gasteiger partial charge in [0, 0.05) is 50.0 Å². The lowest BCUT2D eigenvalue weighted by Gasteiger charge is -2.29. The van der Waals surface area contributed by atoms with Gasteiger partial charge >= 0.3 is 0 Å². The molecule has 1 aliphatic heterocycles. The van der Waals surface area contributed by atoms with Gasteiger partial charge in [0.25, 0.3) is 0 Å². The van der Waals surface area contributed by atoms with Crippen LogP contribution in [0.1, 0.15) is 32.6 Å². The van der Waals surface area contributed by atoms with Gasteiger partial charge in [0.05, 0.1) is 0 Å². The second-order valence-electron chi connectivity index (χ2n) is 6.90. The summed E-state index contributed by atoms with van der Waals surface area (Å²) >= 11 is 0. The Morgan fingerprint density at radius 1 is 0.963 bits per heavy atom. The number of piperidine rings is 1. The summed E-state index contributed by atoms with van der Waals surface area (Å²) in [6.45, 7) is 4.08. The summed E-state index contributed by atoms with van der Waals surface area (Å²) in [6, 6.07) is 17.4. The van der Waals surface area contributed by atoms with Crippen LogP contribution in [0.25, 0.3) is 0 Å². The lowest BCUT2D eigenvalue weighted by atomic mass is 10.1. The normalized spacial score (nSPS) is 13.9. The largest absolute Gasteiger partial charge is 0.372 e. The lowest BCUT2D eigenvalue weighted by molar-refractivity contribution is -0.117. The van der Waals surface area contributed by atoms with E-state index in [1.54, 1.807) is 4.90 Å². The Hall–Kier alpha value is -2.82. The quantitative estimate of drug-likeness (QED) is 0.840. The van der Waals surface area contributed by atoms with Crippen molar-refractivity contribution in [1.82, 2.24) is 0 Å². The standard InChI is InChI=1S/C22H27N3O2/c1-18(26)25(17-14-22(27)23-19-8-4-2-5-9-19)21-12-10-20(11-13-21)24-15-6-3-7-16-24/h2,4-5,8-13H,3,6-7,14-17H2,1H3,(H,23,27). The molecule has 5 nitrogen and oxygen atoms in total. The average Bonchev–Trinajstić information content (AvgIpc) is 2.70. The van der Waals surface area contributed by atoms with E-state index < -0.39 is 0 Å². The van der Waals surface area contributed by atoms with Crippen LogP contribution in [-0.4, -0.2) is 31.4 Å². The van der Waals surface area contributed by atoms with Gasteiger partial charge in [-0.05, 0) is 55.7 Å². The number of rotatable bonds is 6. The fraction of sp³-hybridized carbons (Fsp3) is 0.364. The molecule has 2 aromatic carbocycles. The third kappa shape index (κ3) is 5.33. The number of para-hydroxylation sites is 1. The van der Waals surface area contributed by atoms with Crippen molar-refractivity contribution < 1.29 is 9.59 Å². The lowest BCUT2D eigenvalue weighted by Crippen LogP contribution is -2.32. The fourth-order valence-corrected chi connectivity index (χ4v) is 3.42. The molecular weight excluding hydrogens is 338 g/mol. The smallest absolute Gasteiger partial charge is 0.226 e. The van der Waals surface area contributed by atoms with Crippen molar-refractivity contribution in [1.29, 1.82) is 0 Å². The van der Waals surface area contributed by atoms with Gasteiger partial charge in [0.2, 0.25) is 11.8 Å². The Morgan fingerprint density at radius 2 is 1.63 bits per heavy atom. The molecule has 0 bridgehead atoms. The predicted molar refractivity (Wildman–Crippen MR) is 110 cm³/mol. The van der Waals surface area contributed by atoms with Gasteiger partial charge in [-0.15, -0.1) is 0 Å². The minimum absolute atomic E-state index is 0.0618. The molecule has 0 saturated carbocycles. The summed E-state index contributed by atoms with van der Waals surface area (Å²) in [7, 11) is 0. The molecule has 0 aromatic heterocycles. The maximum absolute atomic E-state index is 12.2. The first kappa shape index (κ1) is 19.0. The van der Waals surface area contributed by atoms with Gasteiger partial charge in [0.1, 0.15) is 0 Å². The number of benzene rings is 2. The minimum Gasteiger partial charge on any atom is -0.372 e. The first-order chi connectivity index (χ1) is 13.1. The molecule has 0 unspecified atom stereocenters. The highest BCUT2D eigenvalue weighted by Crippen LogP contribution is 2.24. The zero-order valence-electron chi connectivity index (χ0n) is 15.9. The highest BCUT2D eigenvalue weighted by atomic mass is 16.2. The molecule has 2 amide bonds. The molecule has 142 valence electrons. The van der Waals surface area contributed by atoms with E-state index in [1.165, 1.54) is 31.9 Å². The Balaban J connectivity index is 1.59. The molecule has 0 atom stereocenters. The fourth-order valence-electron chi connectivity index (χ4n) is 3.42. The molecule has 1 heterocycles. The molecule has 1 aliphatic rings. The van der Waals surface area contributed by atoms with Crippen LogP contribution >= 0.6 is 0 Å². The molecule has 5 heteroatoms. The van der Waals surface area contributed by atoms with E-state index in [1.807, 2.05) is 42.5 Å². The van der Waals surface area contributed by atoms with Gasteiger partial charge in [-0.1, -0.05) is 18.2 Å². The summed E-state index contributed by atoms with van der Waals surface area (Å²) in [5.41, 5.74) is 2.79. The zero-order chi connectivity index (χ0) is 19.1. The van der Waals surface area contributed by atoms with Crippen LogP contribution < -0.4 is 15.1 Å². The van der Waals surface area contributed by atoms with Crippen LogP contribution in [0.15, 0.2) is 54.6 Å². The summed E-state index contributed by atoms with van der Waals surface area (Å²) in [5.74, 6) is -0.161. The topological polar surface area (TPSA) is 52.7 Å². The van der Waals surface area contributed by atoms with Crippen molar-refractivity contribution in [3.05, 3.63) is 54.6 Å². The van der Waals surface area contributed by atoms with Crippen molar-refractivity contribution in [3.8, 4) is 0 Å². The number of hydrogen-bond acceptors (Lipinski definition) is 3. The number of anilines is 3. The maximum atomic E-state index is 12.2. The van der Waals surface area contributed by atoms with E-state index >= 15 is 0 Å². The minimum atomic E-state index is -0.0996. The molecule has 1 N–H and O–H groups in total. The van der Waals surface area contributed by atoms with Crippen LogP contribution in [0.4, 0.5) is 17.1 Å². The second kappa shape index (κ2) is 9.21. The number of carbonyl (C=O) groups excluding carboxylic acids is 2. The molecule has 0 radical (unpaired) electrons. The van der Waals surface area contributed by atoms with Gasteiger partial charge in [-0.3, -0.25) is 9.59 Å². The molecule has 0 spiro atoms. The van der Waals surface area contributed by atoms with Gasteiger partial charge in [-0.25, -0.2) is 0 Å². The van der Waals surface area contributed by atoms with E-state index in [0.717, 1.165) is 24.5 Å². The number of amides is 2. The Labute approximate surface area is 161 Å². The average molecular weight is 365 g/mol. The van der Waals surface area contributed by atoms with E-state index in [-0.39, 0.29) is 18.2 Å². The maximum Gasteiger partial charge on any atom is 0.226 e. The zero-order valence-corrected chi connectivity index (χ0v) is 15.9. The van der Waals surface area contributed by atoms with Crippen molar-refractivity contribution >= 4 is 28.9 Å². The highest BCUT2D eigenvalue weighted by Gasteiger charge is 2.15. The van der Waals surface area contributed by atoms with Crippen LogP contribution in [-0.2, 0) is 9.59 Å². The van der Waals surface area contributed by atoms with E-state index in [2.05, 4.69) is 22.3 Å². The second-order valence-corrected chi connectivity index (χ2v) is 6.90. The molecular formula is C22H27N3O2. The number of hydrogen-bond donors (Lipinski definition) is 1. The highest BCUT2D eigenvalue weighted by molar-refractivity contribution is 5.94. The molecule has 0 aliphatic carbocycles. The summed E-state index contributed by atoms with van der Waals surface area (Å²) in [4.78, 5) is 28.3. The van der Waals surface area contributed by atoms with Crippen molar-refractivity contribution in [3.63, 3.8) is 0 Å². The van der Waals surface area contributed by atoms with E-state index in [0.29, 0.717) is 6.54 Å². The Morgan fingerprint density at radius 3 is 2.26 bits per heavy atom. The number of carbonyl (C=O) groups is 2. The first-order valence-electron chi connectivity index (χ1n) is 9.61. The van der Waals surface area contributed by atoms with Crippen molar-refractivity contribution in [2.75, 3.05) is 34.8 Å². The third-order valence-electron chi connectivity index (χ3n) is 4.88. The van der Waals surface area contributed by atoms with Gasteiger partial charge in [-0.2, -0.15) is 0 Å². The number of nitrogens with one attached hydrogen (secondary N) is 1. The Bertz CT molecular complexity index is 753. The SMILES string of the molecule is CC(=O)N(CCC(=O)Nc1ccccc1)c1ccc(N2CCCCC2)cc1. The first-order valence-corrected chi connectivity index (χ1v) is 9.61. The van der Waals surface area contributed by atoms with Crippen molar-refractivity contribution in [2.45, 2.75) is 32.6 Å². The van der Waals surface area contributed by atoms with Crippen LogP contribution in [0, 0.1) is 0 Å². The van der Waals surface area contributed by atoms with Crippen LogP contribution in [0.5, 0.6) is 0 Å². The van der Waals surface area contributed by atoms with E-state index in [4.69, 9.17) is 0 Å². The monoisotopic (exact) mass is 365 g/mol. The van der Waals surface area contributed by atoms with Crippen LogP contribution in [0.2, 0.25) is 0 Å². The molecule has 1 fully saturated rings. The molecule has 27 heavy (non-hydrogen) atoms. The third-order valence-corrected chi connectivity index (χ3v) is 4.88. The Kier molecular flexibility index (Phi) is 6.47. The predicted octanol–water partition coefficient (Wildman–Crippen LogP) is 4.06. The van der Waals surface area contributed by atoms with E-state index in [9.17, 15) is 9.59 Å². The molecule has 2 aromatic rings. The van der Waals surface area contributed by atoms with Crippen molar-refractivity contribution in [2.24, 2.45) is 0 Å². The summed E-state index contributed by atoms with van der Waals surface area (Å²) in [5, 5.41) is 2.86. The number of nitrogens with zero attached hydrogens (tertiary/aromatic N) is 2.